The van der Waals surface area contributed by atoms with Crippen LogP contribution in [-0.2, 0) is 6.42 Å². The Bertz CT molecular complexity index is 441. The average molecular weight is 257 g/mol. The van der Waals surface area contributed by atoms with Gasteiger partial charge in [-0.3, -0.25) is 4.98 Å². The predicted molar refractivity (Wildman–Crippen MR) is 79.9 cm³/mol. The Morgan fingerprint density at radius 1 is 1.06 bits per heavy atom. The van der Waals surface area contributed by atoms with Crippen molar-refractivity contribution >= 4 is 11.8 Å². The minimum atomic E-state index is 0.579. The second-order valence-electron chi connectivity index (χ2n) is 4.35. The van der Waals surface area contributed by atoms with Gasteiger partial charge in [-0.05, 0) is 43.2 Å². The van der Waals surface area contributed by atoms with Crippen LogP contribution in [0.25, 0.3) is 0 Å². The van der Waals surface area contributed by atoms with E-state index in [2.05, 4.69) is 54.4 Å². The summed E-state index contributed by atoms with van der Waals surface area (Å²) in [6.45, 7) is 2.28. The number of hydrogen-bond donors (Lipinski definition) is 0. The standard InChI is InChI=1S/C16H19NS/c1-14(15-8-3-2-4-9-15)18-13-7-11-16-10-5-6-12-17-16/h2-6,8-10,12,14H,7,11,13H2,1H3. The molecule has 1 atom stereocenters. The SMILES string of the molecule is CC(SCCCc1ccccn1)c1ccccc1. The molecule has 18 heavy (non-hydrogen) atoms. The van der Waals surface area contributed by atoms with Crippen LogP contribution in [0.4, 0.5) is 0 Å². The second kappa shape index (κ2) is 7.22. The molecule has 1 aromatic carbocycles. The van der Waals surface area contributed by atoms with Crippen molar-refractivity contribution in [1.82, 2.24) is 4.98 Å². The summed E-state index contributed by atoms with van der Waals surface area (Å²) in [6.07, 6.45) is 4.14. The smallest absolute Gasteiger partial charge is 0.0403 e. The Kier molecular flexibility index (Phi) is 5.28. The maximum Gasteiger partial charge on any atom is 0.0403 e. The maximum absolute atomic E-state index is 4.34. The molecule has 2 heteroatoms. The predicted octanol–water partition coefficient (Wildman–Crippen LogP) is 4.51. The number of rotatable bonds is 6. The summed E-state index contributed by atoms with van der Waals surface area (Å²) < 4.78 is 0. The largest absolute Gasteiger partial charge is 0.261 e. The molecule has 2 rings (SSSR count). The third-order valence-corrected chi connectivity index (χ3v) is 4.24. The molecule has 0 saturated heterocycles. The Labute approximate surface area is 114 Å². The zero-order valence-electron chi connectivity index (χ0n) is 10.8. The van der Waals surface area contributed by atoms with Crippen LogP contribution in [0.15, 0.2) is 54.7 Å². The molecule has 1 unspecified atom stereocenters. The minimum absolute atomic E-state index is 0.579. The van der Waals surface area contributed by atoms with Crippen molar-refractivity contribution in [2.45, 2.75) is 25.0 Å². The molecular formula is C16H19NS. The van der Waals surface area contributed by atoms with Crippen LogP contribution in [0.2, 0.25) is 0 Å². The van der Waals surface area contributed by atoms with Gasteiger partial charge in [0.15, 0.2) is 0 Å². The van der Waals surface area contributed by atoms with E-state index < -0.39 is 0 Å². The van der Waals surface area contributed by atoms with Gasteiger partial charge < -0.3 is 0 Å². The lowest BCUT2D eigenvalue weighted by molar-refractivity contribution is 0.888. The Balaban J connectivity index is 1.70. The molecule has 0 aliphatic heterocycles. The first-order chi connectivity index (χ1) is 8.86. The van der Waals surface area contributed by atoms with E-state index in [4.69, 9.17) is 0 Å². The lowest BCUT2D eigenvalue weighted by Gasteiger charge is -2.11. The van der Waals surface area contributed by atoms with E-state index in [0.29, 0.717) is 5.25 Å². The average Bonchev–Trinajstić information content (AvgIpc) is 2.45. The van der Waals surface area contributed by atoms with Gasteiger partial charge in [-0.1, -0.05) is 36.4 Å². The van der Waals surface area contributed by atoms with Crippen LogP contribution in [0.5, 0.6) is 0 Å². The lowest BCUT2D eigenvalue weighted by atomic mass is 10.2. The highest BCUT2D eigenvalue weighted by molar-refractivity contribution is 7.99. The summed E-state index contributed by atoms with van der Waals surface area (Å²) >= 11 is 2.02. The molecule has 0 saturated carbocycles. The van der Waals surface area contributed by atoms with Crippen molar-refractivity contribution in [3.8, 4) is 0 Å². The van der Waals surface area contributed by atoms with E-state index in [9.17, 15) is 0 Å². The van der Waals surface area contributed by atoms with Crippen LogP contribution < -0.4 is 0 Å². The van der Waals surface area contributed by atoms with Gasteiger partial charge in [0.2, 0.25) is 0 Å². The van der Waals surface area contributed by atoms with Gasteiger partial charge in [-0.2, -0.15) is 11.8 Å². The highest BCUT2D eigenvalue weighted by Gasteiger charge is 2.04. The van der Waals surface area contributed by atoms with Crippen molar-refractivity contribution < 1.29 is 0 Å². The molecule has 0 bridgehead atoms. The molecule has 0 radical (unpaired) electrons. The van der Waals surface area contributed by atoms with Gasteiger partial charge in [-0.15, -0.1) is 0 Å². The van der Waals surface area contributed by atoms with Gasteiger partial charge >= 0.3 is 0 Å². The molecule has 94 valence electrons. The normalized spacial score (nSPS) is 12.3. The van der Waals surface area contributed by atoms with E-state index >= 15 is 0 Å². The first kappa shape index (κ1) is 13.2. The van der Waals surface area contributed by atoms with E-state index in [-0.39, 0.29) is 0 Å². The fraction of sp³-hybridized carbons (Fsp3) is 0.312. The fourth-order valence-corrected chi connectivity index (χ4v) is 2.89. The first-order valence-electron chi connectivity index (χ1n) is 6.43. The molecule has 0 aliphatic carbocycles. The van der Waals surface area contributed by atoms with Gasteiger partial charge in [-0.25, -0.2) is 0 Å². The maximum atomic E-state index is 4.34. The zero-order valence-corrected chi connectivity index (χ0v) is 11.6. The summed E-state index contributed by atoms with van der Waals surface area (Å²) in [5.74, 6) is 1.19. The van der Waals surface area contributed by atoms with Crippen LogP contribution in [0.1, 0.15) is 29.9 Å². The van der Waals surface area contributed by atoms with Crippen molar-refractivity contribution in [1.29, 1.82) is 0 Å². The van der Waals surface area contributed by atoms with Crippen molar-refractivity contribution in [3.63, 3.8) is 0 Å². The van der Waals surface area contributed by atoms with Crippen LogP contribution in [0.3, 0.4) is 0 Å². The molecule has 2 aromatic rings. The Hall–Kier alpha value is -1.28. The van der Waals surface area contributed by atoms with Crippen molar-refractivity contribution in [2.24, 2.45) is 0 Å². The summed E-state index contributed by atoms with van der Waals surface area (Å²) in [6, 6.07) is 16.8. The van der Waals surface area contributed by atoms with Gasteiger partial charge in [0.05, 0.1) is 0 Å². The summed E-state index contributed by atoms with van der Waals surface area (Å²) in [4.78, 5) is 4.34. The summed E-state index contributed by atoms with van der Waals surface area (Å²) in [7, 11) is 0. The molecule has 0 aliphatic rings. The molecule has 1 nitrogen and oxygen atoms in total. The van der Waals surface area contributed by atoms with Gasteiger partial charge in [0, 0.05) is 17.1 Å². The van der Waals surface area contributed by atoms with Crippen LogP contribution >= 0.6 is 11.8 Å². The molecule has 1 aromatic heterocycles. The first-order valence-corrected chi connectivity index (χ1v) is 7.47. The number of benzene rings is 1. The van der Waals surface area contributed by atoms with E-state index in [1.165, 1.54) is 23.4 Å². The molecule has 0 N–H and O–H groups in total. The van der Waals surface area contributed by atoms with Crippen molar-refractivity contribution in [2.75, 3.05) is 5.75 Å². The van der Waals surface area contributed by atoms with E-state index in [1.807, 2.05) is 24.0 Å². The second-order valence-corrected chi connectivity index (χ2v) is 5.80. The van der Waals surface area contributed by atoms with Crippen molar-refractivity contribution in [3.05, 3.63) is 66.0 Å². The highest BCUT2D eigenvalue weighted by Crippen LogP contribution is 2.28. The zero-order chi connectivity index (χ0) is 12.6. The Morgan fingerprint density at radius 2 is 1.83 bits per heavy atom. The van der Waals surface area contributed by atoms with E-state index in [1.54, 1.807) is 0 Å². The minimum Gasteiger partial charge on any atom is -0.261 e. The number of pyridine rings is 1. The highest BCUT2D eigenvalue weighted by atomic mass is 32.2. The monoisotopic (exact) mass is 257 g/mol. The van der Waals surface area contributed by atoms with Gasteiger partial charge in [0.25, 0.3) is 0 Å². The number of aryl methyl sites for hydroxylation is 1. The topological polar surface area (TPSA) is 12.9 Å². The summed E-state index contributed by atoms with van der Waals surface area (Å²) in [5.41, 5.74) is 2.62. The quantitative estimate of drug-likeness (QED) is 0.706. The molecule has 0 fully saturated rings. The third kappa shape index (κ3) is 4.19. The van der Waals surface area contributed by atoms with E-state index in [0.717, 1.165) is 6.42 Å². The Morgan fingerprint density at radius 3 is 2.56 bits per heavy atom. The molecular weight excluding hydrogens is 238 g/mol. The number of aromatic nitrogens is 1. The molecule has 0 amide bonds. The van der Waals surface area contributed by atoms with Gasteiger partial charge in [0.1, 0.15) is 0 Å². The fourth-order valence-electron chi connectivity index (χ4n) is 1.88. The molecule has 1 heterocycles. The summed E-state index contributed by atoms with van der Waals surface area (Å²) in [5, 5.41) is 0.579. The lowest BCUT2D eigenvalue weighted by Crippen LogP contribution is -1.93. The number of hydrogen-bond acceptors (Lipinski definition) is 2. The van der Waals surface area contributed by atoms with Crippen LogP contribution in [0, 0.1) is 0 Å². The third-order valence-electron chi connectivity index (χ3n) is 2.94. The molecule has 0 spiro atoms. The number of thioether (sulfide) groups is 1. The van der Waals surface area contributed by atoms with Crippen LogP contribution in [-0.4, -0.2) is 10.7 Å². The number of nitrogens with zero attached hydrogens (tertiary/aromatic N) is 1.